The minimum atomic E-state index is -0.126. The van der Waals surface area contributed by atoms with Crippen LogP contribution >= 0.6 is 0 Å². The van der Waals surface area contributed by atoms with Crippen LogP contribution in [0.25, 0.3) is 0 Å². The summed E-state index contributed by atoms with van der Waals surface area (Å²) >= 11 is 0. The van der Waals surface area contributed by atoms with Gasteiger partial charge in [-0.2, -0.15) is 0 Å². The maximum absolute atomic E-state index is 12.1. The van der Waals surface area contributed by atoms with Crippen LogP contribution in [-0.4, -0.2) is 38.3 Å². The maximum Gasteiger partial charge on any atom is 0.251 e. The average molecular weight is 279 g/mol. The monoisotopic (exact) mass is 279 g/mol. The molecule has 5 heteroatoms. The quantitative estimate of drug-likeness (QED) is 0.661. The first kappa shape index (κ1) is 16.3. The van der Waals surface area contributed by atoms with Gasteiger partial charge in [-0.1, -0.05) is 13.3 Å². The van der Waals surface area contributed by atoms with Crippen molar-refractivity contribution >= 4 is 17.3 Å². The van der Waals surface area contributed by atoms with Gasteiger partial charge in [-0.25, -0.2) is 0 Å². The molecule has 1 amide bonds. The van der Waals surface area contributed by atoms with E-state index >= 15 is 0 Å². The van der Waals surface area contributed by atoms with E-state index in [9.17, 15) is 4.79 Å². The molecule has 0 aromatic heterocycles. The van der Waals surface area contributed by atoms with Crippen LogP contribution in [0.3, 0.4) is 0 Å². The molecule has 5 nitrogen and oxygen atoms in total. The summed E-state index contributed by atoms with van der Waals surface area (Å²) in [7, 11) is 3.82. The molecule has 1 atom stereocenters. The van der Waals surface area contributed by atoms with Crippen LogP contribution < -0.4 is 16.0 Å². The molecule has 0 radical (unpaired) electrons. The van der Waals surface area contributed by atoms with Gasteiger partial charge < -0.3 is 21.1 Å². The predicted octanol–water partition coefficient (Wildman–Crippen LogP) is 1.47. The number of amides is 1. The number of nitrogens with one attached hydrogen (secondary N) is 1. The number of carbonyl (C=O) groups excluding carboxylic acids is 1. The van der Waals surface area contributed by atoms with E-state index in [1.165, 1.54) is 0 Å². The molecule has 0 heterocycles. The molecule has 0 aliphatic rings. The second kappa shape index (κ2) is 7.75. The lowest BCUT2D eigenvalue weighted by Crippen LogP contribution is -2.29. The third-order valence-electron chi connectivity index (χ3n) is 3.44. The van der Waals surface area contributed by atoms with E-state index in [0.29, 0.717) is 30.1 Å². The summed E-state index contributed by atoms with van der Waals surface area (Å²) in [4.78, 5) is 14.0. The predicted molar refractivity (Wildman–Crippen MR) is 83.0 cm³/mol. The number of benzene rings is 1. The standard InChI is InChI=1S/C15H25N3O2/c1-4-11(7-8-19)10-17-15(20)12-5-6-14(18(2)3)13(16)9-12/h5-6,9,11,19H,4,7-8,10,16H2,1-3H3,(H,17,20). The fraction of sp³-hybridized carbons (Fsp3) is 0.533. The molecule has 1 rings (SSSR count). The Morgan fingerprint density at radius 3 is 2.65 bits per heavy atom. The van der Waals surface area contributed by atoms with Gasteiger partial charge in [-0.15, -0.1) is 0 Å². The molecule has 0 fully saturated rings. The van der Waals surface area contributed by atoms with Crippen molar-refractivity contribution in [3.63, 3.8) is 0 Å². The first-order valence-electron chi connectivity index (χ1n) is 6.95. The van der Waals surface area contributed by atoms with Gasteiger partial charge in [-0.3, -0.25) is 4.79 Å². The average Bonchev–Trinajstić information content (AvgIpc) is 2.42. The number of nitrogens with zero attached hydrogens (tertiary/aromatic N) is 1. The van der Waals surface area contributed by atoms with Crippen LogP contribution in [0.15, 0.2) is 18.2 Å². The number of nitrogen functional groups attached to an aromatic ring is 1. The first-order valence-corrected chi connectivity index (χ1v) is 6.95. The number of hydrogen-bond donors (Lipinski definition) is 3. The smallest absolute Gasteiger partial charge is 0.251 e. The Bertz CT molecular complexity index is 447. The maximum atomic E-state index is 12.1. The zero-order chi connectivity index (χ0) is 15.1. The van der Waals surface area contributed by atoms with E-state index in [1.54, 1.807) is 12.1 Å². The Morgan fingerprint density at radius 2 is 2.15 bits per heavy atom. The Kier molecular flexibility index (Phi) is 6.31. The molecular weight excluding hydrogens is 254 g/mol. The molecule has 0 aliphatic carbocycles. The third kappa shape index (κ3) is 4.42. The molecular formula is C15H25N3O2. The number of aliphatic hydroxyl groups excluding tert-OH is 1. The molecule has 0 aliphatic heterocycles. The SMILES string of the molecule is CCC(CCO)CNC(=O)c1ccc(N(C)C)c(N)c1. The summed E-state index contributed by atoms with van der Waals surface area (Å²) in [5.74, 6) is 0.181. The third-order valence-corrected chi connectivity index (χ3v) is 3.44. The Hall–Kier alpha value is -1.75. The number of carbonyl (C=O) groups is 1. The van der Waals surface area contributed by atoms with E-state index < -0.39 is 0 Å². The summed E-state index contributed by atoms with van der Waals surface area (Å²) in [5.41, 5.74) is 7.98. The van der Waals surface area contributed by atoms with E-state index in [-0.39, 0.29) is 12.5 Å². The molecule has 0 bridgehead atoms. The second-order valence-corrected chi connectivity index (χ2v) is 5.16. The van der Waals surface area contributed by atoms with Crippen LogP contribution in [0.5, 0.6) is 0 Å². The minimum Gasteiger partial charge on any atom is -0.397 e. The van der Waals surface area contributed by atoms with Crippen LogP contribution in [-0.2, 0) is 0 Å². The van der Waals surface area contributed by atoms with Gasteiger partial charge in [0.15, 0.2) is 0 Å². The summed E-state index contributed by atoms with van der Waals surface area (Å²) in [6, 6.07) is 5.31. The van der Waals surface area contributed by atoms with Gasteiger partial charge in [0, 0.05) is 32.8 Å². The van der Waals surface area contributed by atoms with Crippen molar-refractivity contribution in [1.29, 1.82) is 0 Å². The number of rotatable bonds is 7. The molecule has 0 saturated heterocycles. The lowest BCUT2D eigenvalue weighted by Gasteiger charge is -2.17. The van der Waals surface area contributed by atoms with Crippen molar-refractivity contribution in [3.05, 3.63) is 23.8 Å². The zero-order valence-electron chi connectivity index (χ0n) is 12.5. The lowest BCUT2D eigenvalue weighted by atomic mass is 10.0. The van der Waals surface area contributed by atoms with Crippen molar-refractivity contribution < 1.29 is 9.90 Å². The van der Waals surface area contributed by atoms with Crippen LogP contribution in [0.2, 0.25) is 0 Å². The number of anilines is 2. The summed E-state index contributed by atoms with van der Waals surface area (Å²) in [5, 5.41) is 11.8. The van der Waals surface area contributed by atoms with Gasteiger partial charge in [0.25, 0.3) is 5.91 Å². The van der Waals surface area contributed by atoms with Crippen molar-refractivity contribution in [1.82, 2.24) is 5.32 Å². The highest BCUT2D eigenvalue weighted by Crippen LogP contribution is 2.22. The van der Waals surface area contributed by atoms with Crippen molar-refractivity contribution in [2.75, 3.05) is 37.9 Å². The Balaban J connectivity index is 2.66. The van der Waals surface area contributed by atoms with Crippen molar-refractivity contribution in [2.24, 2.45) is 5.92 Å². The largest absolute Gasteiger partial charge is 0.397 e. The van der Waals surface area contributed by atoms with Crippen molar-refractivity contribution in [3.8, 4) is 0 Å². The minimum absolute atomic E-state index is 0.126. The van der Waals surface area contributed by atoms with Gasteiger partial charge >= 0.3 is 0 Å². The summed E-state index contributed by atoms with van der Waals surface area (Å²) in [6.07, 6.45) is 1.64. The number of hydrogen-bond acceptors (Lipinski definition) is 4. The van der Waals surface area contributed by atoms with E-state index in [4.69, 9.17) is 10.8 Å². The lowest BCUT2D eigenvalue weighted by molar-refractivity contribution is 0.0943. The summed E-state index contributed by atoms with van der Waals surface area (Å²) < 4.78 is 0. The van der Waals surface area contributed by atoms with E-state index in [1.807, 2.05) is 25.1 Å². The molecule has 1 unspecified atom stereocenters. The van der Waals surface area contributed by atoms with Crippen molar-refractivity contribution in [2.45, 2.75) is 19.8 Å². The van der Waals surface area contributed by atoms with Gasteiger partial charge in [0.1, 0.15) is 0 Å². The topological polar surface area (TPSA) is 78.6 Å². The fourth-order valence-electron chi connectivity index (χ4n) is 2.08. The molecule has 4 N–H and O–H groups in total. The second-order valence-electron chi connectivity index (χ2n) is 5.16. The van der Waals surface area contributed by atoms with E-state index in [0.717, 1.165) is 12.1 Å². The van der Waals surface area contributed by atoms with Crippen LogP contribution in [0, 0.1) is 5.92 Å². The van der Waals surface area contributed by atoms with Crippen LogP contribution in [0.1, 0.15) is 30.1 Å². The van der Waals surface area contributed by atoms with E-state index in [2.05, 4.69) is 12.2 Å². The highest BCUT2D eigenvalue weighted by atomic mass is 16.3. The Morgan fingerprint density at radius 1 is 1.45 bits per heavy atom. The zero-order valence-corrected chi connectivity index (χ0v) is 12.5. The van der Waals surface area contributed by atoms with Gasteiger partial charge in [0.05, 0.1) is 11.4 Å². The highest BCUT2D eigenvalue weighted by molar-refractivity contribution is 5.96. The summed E-state index contributed by atoms with van der Waals surface area (Å²) in [6.45, 7) is 2.78. The fourth-order valence-corrected chi connectivity index (χ4v) is 2.08. The normalized spacial score (nSPS) is 12.0. The molecule has 0 spiro atoms. The first-order chi connectivity index (χ1) is 9.49. The molecule has 0 saturated carbocycles. The highest BCUT2D eigenvalue weighted by Gasteiger charge is 2.11. The number of aliphatic hydroxyl groups is 1. The Labute approximate surface area is 120 Å². The molecule has 1 aromatic carbocycles. The number of nitrogens with two attached hydrogens (primary N) is 1. The van der Waals surface area contributed by atoms with Crippen LogP contribution in [0.4, 0.5) is 11.4 Å². The molecule has 20 heavy (non-hydrogen) atoms. The van der Waals surface area contributed by atoms with Gasteiger partial charge in [-0.05, 0) is 30.5 Å². The molecule has 1 aromatic rings. The van der Waals surface area contributed by atoms with Gasteiger partial charge in [0.2, 0.25) is 0 Å². The molecule has 112 valence electrons.